The van der Waals surface area contributed by atoms with Crippen molar-refractivity contribution < 1.29 is 18.3 Å². The summed E-state index contributed by atoms with van der Waals surface area (Å²) in [6.45, 7) is 0.101. The highest BCUT2D eigenvalue weighted by Gasteiger charge is 2.26. The number of ketones is 1. The quantitative estimate of drug-likeness (QED) is 0.672. The van der Waals surface area contributed by atoms with E-state index < -0.39 is 11.6 Å². The van der Waals surface area contributed by atoms with Gasteiger partial charge < -0.3 is 4.74 Å². The molecule has 0 saturated carbocycles. The van der Waals surface area contributed by atoms with Crippen LogP contribution in [0.15, 0.2) is 10.5 Å². The molecule has 14 heavy (non-hydrogen) atoms. The smallest absolute Gasteiger partial charge is 0.202 e. The van der Waals surface area contributed by atoms with Crippen LogP contribution < -0.4 is 4.74 Å². The van der Waals surface area contributed by atoms with Crippen molar-refractivity contribution in [2.45, 2.75) is 6.42 Å². The van der Waals surface area contributed by atoms with Crippen LogP contribution in [0, 0.1) is 11.6 Å². The van der Waals surface area contributed by atoms with Crippen molar-refractivity contribution in [3.8, 4) is 5.75 Å². The Morgan fingerprint density at radius 3 is 2.79 bits per heavy atom. The molecule has 74 valence electrons. The summed E-state index contributed by atoms with van der Waals surface area (Å²) in [5, 5.41) is 0. The molecular formula is C9H5BrF2O2. The molecule has 1 aliphatic rings. The Morgan fingerprint density at radius 2 is 2.07 bits per heavy atom. The molecule has 0 N–H and O–H groups in total. The zero-order chi connectivity index (χ0) is 10.3. The molecule has 0 amide bonds. The topological polar surface area (TPSA) is 26.3 Å². The number of halogens is 3. The molecule has 1 aromatic carbocycles. The number of hydrogen-bond acceptors (Lipinski definition) is 2. The van der Waals surface area contributed by atoms with Crippen molar-refractivity contribution in [2.75, 3.05) is 6.61 Å². The lowest BCUT2D eigenvalue weighted by Gasteiger charge is -2.17. The summed E-state index contributed by atoms with van der Waals surface area (Å²) >= 11 is 2.83. The number of fused-ring (bicyclic) bond motifs is 1. The first-order valence-corrected chi connectivity index (χ1v) is 4.74. The summed E-state index contributed by atoms with van der Waals surface area (Å²) in [6.07, 6.45) is 0.199. The molecule has 0 aliphatic carbocycles. The summed E-state index contributed by atoms with van der Waals surface area (Å²) in [5.74, 6) is -2.64. The van der Waals surface area contributed by atoms with Crippen LogP contribution in [0.1, 0.15) is 16.8 Å². The Hall–Kier alpha value is -0.970. The number of benzene rings is 1. The van der Waals surface area contributed by atoms with Gasteiger partial charge >= 0.3 is 0 Å². The fourth-order valence-corrected chi connectivity index (χ4v) is 1.71. The third-order valence-electron chi connectivity index (χ3n) is 1.99. The lowest BCUT2D eigenvalue weighted by molar-refractivity contribution is 0.0928. The second-order valence-electron chi connectivity index (χ2n) is 2.88. The van der Waals surface area contributed by atoms with Crippen molar-refractivity contribution in [1.29, 1.82) is 0 Å². The maximum atomic E-state index is 13.2. The van der Waals surface area contributed by atoms with E-state index in [1.54, 1.807) is 0 Å². The highest BCUT2D eigenvalue weighted by Crippen LogP contribution is 2.33. The Morgan fingerprint density at radius 1 is 1.36 bits per heavy atom. The minimum absolute atomic E-state index is 0.0624. The van der Waals surface area contributed by atoms with Crippen molar-refractivity contribution in [3.63, 3.8) is 0 Å². The van der Waals surface area contributed by atoms with Gasteiger partial charge in [0.25, 0.3) is 0 Å². The standard InChI is InChI=1S/C9H5BrF2O2/c10-5-3-4-6(13)1-2-14-9(4)8(12)7(5)11/h3H,1-2H2. The average molecular weight is 263 g/mol. The molecule has 0 aromatic heterocycles. The molecule has 1 aromatic rings. The number of carbonyl (C=O) groups is 1. The molecule has 0 atom stereocenters. The van der Waals surface area contributed by atoms with Gasteiger partial charge in [-0.15, -0.1) is 0 Å². The van der Waals surface area contributed by atoms with Gasteiger partial charge in [0.15, 0.2) is 17.3 Å². The molecular weight excluding hydrogens is 258 g/mol. The zero-order valence-electron chi connectivity index (χ0n) is 6.94. The van der Waals surface area contributed by atoms with Crippen LogP contribution in [0.5, 0.6) is 5.75 Å². The molecule has 2 rings (SSSR count). The molecule has 0 spiro atoms. The Labute approximate surface area is 87.0 Å². The van der Waals surface area contributed by atoms with Crippen LogP contribution in [-0.4, -0.2) is 12.4 Å². The Balaban J connectivity index is 2.69. The van der Waals surface area contributed by atoms with Gasteiger partial charge in [0.2, 0.25) is 5.82 Å². The van der Waals surface area contributed by atoms with E-state index in [1.165, 1.54) is 6.07 Å². The van der Waals surface area contributed by atoms with Gasteiger partial charge in [-0.3, -0.25) is 4.79 Å². The number of ether oxygens (including phenoxy) is 1. The third-order valence-corrected chi connectivity index (χ3v) is 2.57. The van der Waals surface area contributed by atoms with E-state index in [2.05, 4.69) is 15.9 Å². The van der Waals surface area contributed by atoms with Gasteiger partial charge in [0, 0.05) is 6.42 Å². The predicted octanol–water partition coefficient (Wildman–Crippen LogP) is 2.69. The second kappa shape index (κ2) is 3.31. The number of carbonyl (C=O) groups excluding carboxylic acids is 1. The highest BCUT2D eigenvalue weighted by molar-refractivity contribution is 9.10. The van der Waals surface area contributed by atoms with Crippen LogP contribution in [0.25, 0.3) is 0 Å². The largest absolute Gasteiger partial charge is 0.489 e. The van der Waals surface area contributed by atoms with Crippen molar-refractivity contribution in [1.82, 2.24) is 0 Å². The lowest BCUT2D eigenvalue weighted by Crippen LogP contribution is -2.17. The molecule has 0 saturated heterocycles. The van der Waals surface area contributed by atoms with Gasteiger partial charge in [-0.25, -0.2) is 4.39 Å². The van der Waals surface area contributed by atoms with Gasteiger partial charge in [0.1, 0.15) is 0 Å². The SMILES string of the molecule is O=C1CCOc2c1cc(Br)c(F)c2F. The average Bonchev–Trinajstić information content (AvgIpc) is 2.17. The van der Waals surface area contributed by atoms with Crippen LogP contribution in [0.2, 0.25) is 0 Å². The predicted molar refractivity (Wildman–Crippen MR) is 48.5 cm³/mol. The number of rotatable bonds is 0. The molecule has 0 radical (unpaired) electrons. The van der Waals surface area contributed by atoms with E-state index >= 15 is 0 Å². The monoisotopic (exact) mass is 262 g/mol. The molecule has 0 unspecified atom stereocenters. The number of Topliss-reactive ketones (excluding diaryl/α,β-unsaturated/α-hetero) is 1. The fourth-order valence-electron chi connectivity index (χ4n) is 1.31. The summed E-state index contributed by atoms with van der Waals surface area (Å²) in [7, 11) is 0. The lowest BCUT2D eigenvalue weighted by atomic mass is 10.0. The van der Waals surface area contributed by atoms with Gasteiger partial charge in [-0.1, -0.05) is 0 Å². The van der Waals surface area contributed by atoms with Crippen LogP contribution in [0.4, 0.5) is 8.78 Å². The normalized spacial score (nSPS) is 14.9. The maximum absolute atomic E-state index is 13.2. The highest BCUT2D eigenvalue weighted by atomic mass is 79.9. The van der Waals surface area contributed by atoms with Crippen LogP contribution in [0.3, 0.4) is 0 Å². The minimum atomic E-state index is -1.11. The Bertz CT molecular complexity index is 418. The van der Waals surface area contributed by atoms with Crippen molar-refractivity contribution >= 4 is 21.7 Å². The van der Waals surface area contributed by atoms with E-state index in [1.807, 2.05) is 0 Å². The minimum Gasteiger partial charge on any atom is -0.489 e. The maximum Gasteiger partial charge on any atom is 0.202 e. The van der Waals surface area contributed by atoms with Crippen molar-refractivity contribution in [3.05, 3.63) is 27.7 Å². The first-order chi connectivity index (χ1) is 6.61. The van der Waals surface area contributed by atoms with E-state index in [9.17, 15) is 13.6 Å². The first kappa shape index (κ1) is 9.58. The molecule has 2 nitrogen and oxygen atoms in total. The molecule has 1 heterocycles. The van der Waals surface area contributed by atoms with Crippen LogP contribution in [-0.2, 0) is 0 Å². The zero-order valence-corrected chi connectivity index (χ0v) is 8.53. The third kappa shape index (κ3) is 1.32. The Kier molecular flexibility index (Phi) is 2.26. The number of hydrogen-bond donors (Lipinski definition) is 0. The van der Waals surface area contributed by atoms with E-state index in [0.717, 1.165) is 0 Å². The van der Waals surface area contributed by atoms with E-state index in [-0.39, 0.29) is 34.6 Å². The second-order valence-corrected chi connectivity index (χ2v) is 3.74. The van der Waals surface area contributed by atoms with Gasteiger partial charge in [-0.05, 0) is 22.0 Å². The summed E-state index contributed by atoms with van der Waals surface area (Å²) < 4.78 is 31.1. The summed E-state index contributed by atoms with van der Waals surface area (Å²) in [4.78, 5) is 11.3. The molecule has 0 fully saturated rings. The van der Waals surface area contributed by atoms with Gasteiger partial charge in [0.05, 0.1) is 16.6 Å². The molecule has 5 heteroatoms. The molecule has 0 bridgehead atoms. The van der Waals surface area contributed by atoms with Crippen molar-refractivity contribution in [2.24, 2.45) is 0 Å². The summed E-state index contributed by atoms with van der Waals surface area (Å²) in [6, 6.07) is 1.25. The van der Waals surface area contributed by atoms with E-state index in [4.69, 9.17) is 4.74 Å². The van der Waals surface area contributed by atoms with E-state index in [0.29, 0.717) is 0 Å². The first-order valence-electron chi connectivity index (χ1n) is 3.94. The van der Waals surface area contributed by atoms with Crippen LogP contribution >= 0.6 is 15.9 Å². The fraction of sp³-hybridized carbons (Fsp3) is 0.222. The van der Waals surface area contributed by atoms with Gasteiger partial charge in [-0.2, -0.15) is 4.39 Å². The summed E-state index contributed by atoms with van der Waals surface area (Å²) in [5.41, 5.74) is 0.0991. The molecule has 1 aliphatic heterocycles.